The minimum Gasteiger partial charge on any atom is -0.488 e. The Bertz CT molecular complexity index is 479. The molecule has 2 rings (SSSR count). The molecular weight excluding hydrogens is 312 g/mol. The molecule has 0 aliphatic heterocycles. The molecule has 0 spiro atoms. The Morgan fingerprint density at radius 3 is 2.61 bits per heavy atom. The van der Waals surface area contributed by atoms with Crippen LogP contribution in [0.4, 0.5) is 0 Å². The summed E-state index contributed by atoms with van der Waals surface area (Å²) in [5.41, 5.74) is 1.27. The SMILES string of the molecule is COCCc1ccc(OCc2cc(Br)cs2)cc1. The molecule has 0 fully saturated rings. The fraction of sp³-hybridized carbons (Fsp3) is 0.286. The lowest BCUT2D eigenvalue weighted by Gasteiger charge is -2.06. The molecule has 0 unspecified atom stereocenters. The van der Waals surface area contributed by atoms with Gasteiger partial charge in [0.15, 0.2) is 0 Å². The van der Waals surface area contributed by atoms with Crippen molar-refractivity contribution in [3.8, 4) is 5.75 Å². The summed E-state index contributed by atoms with van der Waals surface area (Å²) in [6.07, 6.45) is 0.939. The van der Waals surface area contributed by atoms with E-state index < -0.39 is 0 Å². The summed E-state index contributed by atoms with van der Waals surface area (Å²) in [6, 6.07) is 10.3. The van der Waals surface area contributed by atoms with Crippen molar-refractivity contribution in [3.05, 3.63) is 50.6 Å². The van der Waals surface area contributed by atoms with Crippen molar-refractivity contribution in [1.82, 2.24) is 0 Å². The van der Waals surface area contributed by atoms with Gasteiger partial charge in [-0.15, -0.1) is 11.3 Å². The zero-order valence-corrected chi connectivity index (χ0v) is 12.6. The van der Waals surface area contributed by atoms with Crippen LogP contribution in [0.2, 0.25) is 0 Å². The van der Waals surface area contributed by atoms with Gasteiger partial charge in [-0.05, 0) is 46.1 Å². The number of thiophene rings is 1. The van der Waals surface area contributed by atoms with E-state index in [1.54, 1.807) is 18.4 Å². The Labute approximate surface area is 120 Å². The van der Waals surface area contributed by atoms with Crippen LogP contribution >= 0.6 is 27.3 Å². The first-order valence-electron chi connectivity index (χ1n) is 5.71. The third-order valence-electron chi connectivity index (χ3n) is 2.52. The van der Waals surface area contributed by atoms with Crippen LogP contribution in [0, 0.1) is 0 Å². The second kappa shape index (κ2) is 6.92. The number of halogens is 1. The van der Waals surface area contributed by atoms with Gasteiger partial charge >= 0.3 is 0 Å². The summed E-state index contributed by atoms with van der Waals surface area (Å²) in [7, 11) is 1.72. The molecule has 1 aromatic heterocycles. The first-order valence-corrected chi connectivity index (χ1v) is 7.39. The van der Waals surface area contributed by atoms with Crippen molar-refractivity contribution in [2.45, 2.75) is 13.0 Å². The third-order valence-corrected chi connectivity index (χ3v) is 4.19. The van der Waals surface area contributed by atoms with Crippen LogP contribution in [-0.4, -0.2) is 13.7 Å². The molecular formula is C14H15BrO2S. The highest BCUT2D eigenvalue weighted by Crippen LogP contribution is 2.21. The predicted octanol–water partition coefficient (Wildman–Crippen LogP) is 4.28. The smallest absolute Gasteiger partial charge is 0.122 e. The number of hydrogen-bond donors (Lipinski definition) is 0. The molecule has 0 aliphatic carbocycles. The topological polar surface area (TPSA) is 18.5 Å². The minimum absolute atomic E-state index is 0.619. The van der Waals surface area contributed by atoms with E-state index in [0.29, 0.717) is 6.61 Å². The standard InChI is InChI=1S/C14H15BrO2S/c1-16-7-6-11-2-4-13(5-3-11)17-9-14-8-12(15)10-18-14/h2-5,8,10H,6-7,9H2,1H3. The average molecular weight is 327 g/mol. The Hall–Kier alpha value is -0.840. The molecule has 0 saturated heterocycles. The van der Waals surface area contributed by atoms with Crippen LogP contribution in [0.25, 0.3) is 0 Å². The lowest BCUT2D eigenvalue weighted by atomic mass is 10.1. The predicted molar refractivity (Wildman–Crippen MR) is 78.4 cm³/mol. The zero-order chi connectivity index (χ0) is 12.8. The van der Waals surface area contributed by atoms with Gasteiger partial charge in [0.1, 0.15) is 12.4 Å². The van der Waals surface area contributed by atoms with E-state index in [1.807, 2.05) is 12.1 Å². The lowest BCUT2D eigenvalue weighted by Crippen LogP contribution is -1.95. The van der Waals surface area contributed by atoms with Crippen molar-refractivity contribution in [2.24, 2.45) is 0 Å². The molecule has 0 atom stereocenters. The third kappa shape index (κ3) is 4.12. The summed E-state index contributed by atoms with van der Waals surface area (Å²) < 4.78 is 11.9. The van der Waals surface area contributed by atoms with Crippen LogP contribution in [0.5, 0.6) is 5.75 Å². The summed E-state index contributed by atoms with van der Waals surface area (Å²) >= 11 is 5.13. The second-order valence-corrected chi connectivity index (χ2v) is 5.82. The minimum atomic E-state index is 0.619. The highest BCUT2D eigenvalue weighted by atomic mass is 79.9. The maximum Gasteiger partial charge on any atom is 0.122 e. The van der Waals surface area contributed by atoms with Gasteiger partial charge in [-0.2, -0.15) is 0 Å². The molecule has 0 saturated carbocycles. The number of hydrogen-bond acceptors (Lipinski definition) is 3. The van der Waals surface area contributed by atoms with Gasteiger partial charge in [-0.1, -0.05) is 12.1 Å². The van der Waals surface area contributed by atoms with Crippen molar-refractivity contribution in [2.75, 3.05) is 13.7 Å². The van der Waals surface area contributed by atoms with Gasteiger partial charge in [-0.25, -0.2) is 0 Å². The summed E-state index contributed by atoms with van der Waals surface area (Å²) in [5.74, 6) is 0.903. The number of ether oxygens (including phenoxy) is 2. The fourth-order valence-electron chi connectivity index (χ4n) is 1.56. The molecule has 1 aromatic carbocycles. The summed E-state index contributed by atoms with van der Waals surface area (Å²) in [4.78, 5) is 1.21. The molecule has 96 valence electrons. The van der Waals surface area contributed by atoms with Gasteiger partial charge in [0.05, 0.1) is 6.61 Å². The Morgan fingerprint density at radius 2 is 2.00 bits per heavy atom. The molecule has 2 aromatic rings. The first-order chi connectivity index (χ1) is 8.78. The van der Waals surface area contributed by atoms with Crippen LogP contribution in [0.1, 0.15) is 10.4 Å². The summed E-state index contributed by atoms with van der Waals surface area (Å²) in [5, 5.41) is 2.06. The molecule has 1 heterocycles. The van der Waals surface area contributed by atoms with Gasteiger partial charge in [0.2, 0.25) is 0 Å². The number of benzene rings is 1. The second-order valence-electron chi connectivity index (χ2n) is 3.91. The van der Waals surface area contributed by atoms with E-state index in [-0.39, 0.29) is 0 Å². The van der Waals surface area contributed by atoms with Crippen LogP contribution in [0.15, 0.2) is 40.2 Å². The maximum atomic E-state index is 5.72. The normalized spacial score (nSPS) is 10.6. The van der Waals surface area contributed by atoms with E-state index >= 15 is 0 Å². The lowest BCUT2D eigenvalue weighted by molar-refractivity contribution is 0.202. The monoisotopic (exact) mass is 326 g/mol. The molecule has 0 N–H and O–H groups in total. The zero-order valence-electron chi connectivity index (χ0n) is 10.2. The largest absolute Gasteiger partial charge is 0.488 e. The quantitative estimate of drug-likeness (QED) is 0.788. The van der Waals surface area contributed by atoms with Crippen LogP contribution in [-0.2, 0) is 17.8 Å². The molecule has 18 heavy (non-hydrogen) atoms. The van der Waals surface area contributed by atoms with E-state index in [0.717, 1.165) is 23.2 Å². The van der Waals surface area contributed by atoms with Crippen molar-refractivity contribution < 1.29 is 9.47 Å². The maximum absolute atomic E-state index is 5.72. The first kappa shape index (κ1) is 13.6. The van der Waals surface area contributed by atoms with E-state index in [1.165, 1.54) is 10.4 Å². The highest BCUT2D eigenvalue weighted by molar-refractivity contribution is 9.10. The van der Waals surface area contributed by atoms with Gasteiger partial charge in [0, 0.05) is 21.8 Å². The molecule has 2 nitrogen and oxygen atoms in total. The van der Waals surface area contributed by atoms with E-state index in [2.05, 4.69) is 39.5 Å². The van der Waals surface area contributed by atoms with Crippen LogP contribution in [0.3, 0.4) is 0 Å². The number of methoxy groups -OCH3 is 1. The van der Waals surface area contributed by atoms with Crippen LogP contribution < -0.4 is 4.74 Å². The Morgan fingerprint density at radius 1 is 1.22 bits per heavy atom. The van der Waals surface area contributed by atoms with E-state index in [9.17, 15) is 0 Å². The molecule has 0 bridgehead atoms. The summed E-state index contributed by atoms with van der Waals surface area (Å²) in [6.45, 7) is 1.37. The van der Waals surface area contributed by atoms with Crippen molar-refractivity contribution >= 4 is 27.3 Å². The molecule has 4 heteroatoms. The molecule has 0 amide bonds. The fourth-order valence-corrected chi connectivity index (χ4v) is 2.92. The van der Waals surface area contributed by atoms with Gasteiger partial charge in [-0.3, -0.25) is 0 Å². The highest BCUT2D eigenvalue weighted by Gasteiger charge is 2.00. The van der Waals surface area contributed by atoms with Crippen molar-refractivity contribution in [3.63, 3.8) is 0 Å². The number of rotatable bonds is 6. The van der Waals surface area contributed by atoms with Gasteiger partial charge < -0.3 is 9.47 Å². The van der Waals surface area contributed by atoms with E-state index in [4.69, 9.17) is 9.47 Å². The Kier molecular flexibility index (Phi) is 5.23. The molecule has 0 aliphatic rings. The Balaban J connectivity index is 1.86. The molecule has 0 radical (unpaired) electrons. The average Bonchev–Trinajstić information content (AvgIpc) is 2.81. The van der Waals surface area contributed by atoms with Crippen molar-refractivity contribution in [1.29, 1.82) is 0 Å². The van der Waals surface area contributed by atoms with Gasteiger partial charge in [0.25, 0.3) is 0 Å².